The quantitative estimate of drug-likeness (QED) is 0.900. The predicted molar refractivity (Wildman–Crippen MR) is 69.0 cm³/mol. The Hall–Kier alpha value is -0.470. The van der Waals surface area contributed by atoms with Crippen LogP contribution >= 0.6 is 11.3 Å². The van der Waals surface area contributed by atoms with E-state index in [1.165, 1.54) is 10.4 Å². The topological polar surface area (TPSA) is 66.8 Å². The van der Waals surface area contributed by atoms with Crippen LogP contribution in [0.1, 0.15) is 18.4 Å². The zero-order chi connectivity index (χ0) is 13.2. The van der Waals surface area contributed by atoms with Crippen molar-refractivity contribution in [3.63, 3.8) is 0 Å². The highest BCUT2D eigenvalue weighted by atomic mass is 32.2. The first kappa shape index (κ1) is 14.0. The molecule has 1 aromatic rings. The molecule has 0 unspecified atom stereocenters. The number of thiophene rings is 1. The molecule has 0 aliphatic carbocycles. The van der Waals surface area contributed by atoms with Crippen molar-refractivity contribution >= 4 is 21.4 Å². The Kier molecular flexibility index (Phi) is 4.39. The summed E-state index contributed by atoms with van der Waals surface area (Å²) in [4.78, 5) is 0. The van der Waals surface area contributed by atoms with Crippen LogP contribution in [-0.2, 0) is 21.4 Å². The first-order valence-electron chi connectivity index (χ1n) is 5.79. The molecule has 102 valence electrons. The summed E-state index contributed by atoms with van der Waals surface area (Å²) < 4.78 is 31.7. The molecular formula is C11H17NO4S2. The Labute approximate surface area is 111 Å². The van der Waals surface area contributed by atoms with Gasteiger partial charge in [0.05, 0.1) is 6.61 Å². The van der Waals surface area contributed by atoms with Gasteiger partial charge in [0, 0.05) is 26.3 Å². The molecule has 7 heteroatoms. The van der Waals surface area contributed by atoms with E-state index >= 15 is 0 Å². The summed E-state index contributed by atoms with van der Waals surface area (Å²) in [7, 11) is -1.83. The fraction of sp³-hybridized carbons (Fsp3) is 0.636. The first-order chi connectivity index (χ1) is 8.55. The molecule has 2 rings (SSSR count). The normalized spacial score (nSPS) is 18.4. The average Bonchev–Trinajstić information content (AvgIpc) is 2.88. The highest BCUT2D eigenvalue weighted by Gasteiger charge is 2.30. The summed E-state index contributed by atoms with van der Waals surface area (Å²) in [6.07, 6.45) is 1.46. The zero-order valence-electron chi connectivity index (χ0n) is 10.2. The summed E-state index contributed by atoms with van der Waals surface area (Å²) in [5.74, 6) is 0. The number of nitrogens with zero attached hydrogens (tertiary/aromatic N) is 1. The smallest absolute Gasteiger partial charge is 0.252 e. The third kappa shape index (κ3) is 2.75. The van der Waals surface area contributed by atoms with E-state index in [1.807, 2.05) is 0 Å². The van der Waals surface area contributed by atoms with E-state index in [9.17, 15) is 8.42 Å². The van der Waals surface area contributed by atoms with Gasteiger partial charge in [0.15, 0.2) is 0 Å². The lowest BCUT2D eigenvalue weighted by Crippen LogP contribution is -2.40. The van der Waals surface area contributed by atoms with Crippen LogP contribution in [0, 0.1) is 0 Å². The van der Waals surface area contributed by atoms with Crippen molar-refractivity contribution in [3.8, 4) is 0 Å². The highest BCUT2D eigenvalue weighted by molar-refractivity contribution is 7.91. The molecule has 1 saturated heterocycles. The van der Waals surface area contributed by atoms with Gasteiger partial charge in [-0.25, -0.2) is 8.42 Å². The molecule has 0 radical (unpaired) electrons. The van der Waals surface area contributed by atoms with Crippen LogP contribution in [0.5, 0.6) is 0 Å². The van der Waals surface area contributed by atoms with E-state index in [2.05, 4.69) is 0 Å². The fourth-order valence-corrected chi connectivity index (χ4v) is 4.76. The highest BCUT2D eigenvalue weighted by Crippen LogP contribution is 2.26. The SMILES string of the molecule is CN(C1CCOCC1)S(=O)(=O)c1cc(CO)cs1. The lowest BCUT2D eigenvalue weighted by molar-refractivity contribution is 0.0632. The molecule has 0 amide bonds. The van der Waals surface area contributed by atoms with Crippen molar-refractivity contribution < 1.29 is 18.3 Å². The summed E-state index contributed by atoms with van der Waals surface area (Å²) in [5, 5.41) is 10.7. The third-order valence-corrected chi connectivity index (χ3v) is 6.52. The van der Waals surface area contributed by atoms with Crippen LogP contribution in [-0.4, -0.2) is 44.1 Å². The van der Waals surface area contributed by atoms with Gasteiger partial charge in [0.1, 0.15) is 4.21 Å². The van der Waals surface area contributed by atoms with E-state index in [0.717, 1.165) is 24.2 Å². The monoisotopic (exact) mass is 291 g/mol. The molecule has 1 N–H and O–H groups in total. The molecule has 0 saturated carbocycles. The number of rotatable bonds is 4. The second-order valence-electron chi connectivity index (χ2n) is 4.30. The van der Waals surface area contributed by atoms with Gasteiger partial charge in [-0.1, -0.05) is 0 Å². The molecular weight excluding hydrogens is 274 g/mol. The van der Waals surface area contributed by atoms with Gasteiger partial charge in [-0.15, -0.1) is 11.3 Å². The van der Waals surface area contributed by atoms with Crippen LogP contribution in [0.3, 0.4) is 0 Å². The van der Waals surface area contributed by atoms with Crippen LogP contribution < -0.4 is 0 Å². The standard InChI is InChI=1S/C11H17NO4S2/c1-12(10-2-4-16-5-3-10)18(14,15)11-6-9(7-13)8-17-11/h6,8,10,13H,2-5,7H2,1H3. The van der Waals surface area contributed by atoms with E-state index in [1.54, 1.807) is 12.4 Å². The molecule has 0 aromatic carbocycles. The Morgan fingerprint density at radius 3 is 2.72 bits per heavy atom. The van der Waals surface area contributed by atoms with E-state index in [4.69, 9.17) is 9.84 Å². The molecule has 1 aromatic heterocycles. The van der Waals surface area contributed by atoms with Gasteiger partial charge in [-0.05, 0) is 29.9 Å². The largest absolute Gasteiger partial charge is 0.392 e. The van der Waals surface area contributed by atoms with E-state index < -0.39 is 10.0 Å². The Bertz CT molecular complexity index is 491. The molecule has 2 heterocycles. The summed E-state index contributed by atoms with van der Waals surface area (Å²) >= 11 is 1.15. The van der Waals surface area contributed by atoms with Gasteiger partial charge in [-0.3, -0.25) is 0 Å². The van der Waals surface area contributed by atoms with Gasteiger partial charge in [0.25, 0.3) is 10.0 Å². The van der Waals surface area contributed by atoms with Crippen molar-refractivity contribution in [2.45, 2.75) is 29.7 Å². The minimum Gasteiger partial charge on any atom is -0.392 e. The fourth-order valence-electron chi connectivity index (χ4n) is 1.96. The Balaban J connectivity index is 2.18. The maximum atomic E-state index is 12.4. The predicted octanol–water partition coefficient (Wildman–Crippen LogP) is 1.04. The lowest BCUT2D eigenvalue weighted by atomic mass is 10.1. The summed E-state index contributed by atoms with van der Waals surface area (Å²) in [6, 6.07) is 1.54. The maximum Gasteiger partial charge on any atom is 0.252 e. The average molecular weight is 291 g/mol. The van der Waals surface area contributed by atoms with Crippen molar-refractivity contribution in [1.29, 1.82) is 0 Å². The Morgan fingerprint density at radius 1 is 1.50 bits per heavy atom. The number of hydrogen-bond acceptors (Lipinski definition) is 5. The summed E-state index contributed by atoms with van der Waals surface area (Å²) in [5.41, 5.74) is 0.638. The maximum absolute atomic E-state index is 12.4. The minimum atomic E-state index is -3.44. The molecule has 0 spiro atoms. The van der Waals surface area contributed by atoms with Gasteiger partial charge in [-0.2, -0.15) is 4.31 Å². The van der Waals surface area contributed by atoms with Crippen LogP contribution in [0.4, 0.5) is 0 Å². The van der Waals surface area contributed by atoms with Crippen LogP contribution in [0.25, 0.3) is 0 Å². The van der Waals surface area contributed by atoms with Crippen molar-refractivity contribution in [2.24, 2.45) is 0 Å². The van der Waals surface area contributed by atoms with Gasteiger partial charge in [0.2, 0.25) is 0 Å². The van der Waals surface area contributed by atoms with Crippen molar-refractivity contribution in [2.75, 3.05) is 20.3 Å². The molecule has 0 atom stereocenters. The van der Waals surface area contributed by atoms with Gasteiger partial charge >= 0.3 is 0 Å². The van der Waals surface area contributed by atoms with Crippen molar-refractivity contribution in [3.05, 3.63) is 17.0 Å². The third-order valence-electron chi connectivity index (χ3n) is 3.15. The molecule has 1 aliphatic rings. The minimum absolute atomic E-state index is 0.00317. The second kappa shape index (κ2) is 5.66. The molecule has 0 bridgehead atoms. The number of aliphatic hydroxyl groups is 1. The molecule has 18 heavy (non-hydrogen) atoms. The van der Waals surface area contributed by atoms with Crippen molar-refractivity contribution in [1.82, 2.24) is 4.31 Å². The summed E-state index contributed by atoms with van der Waals surface area (Å²) in [6.45, 7) is 1.08. The zero-order valence-corrected chi connectivity index (χ0v) is 11.8. The Morgan fingerprint density at radius 2 is 2.17 bits per heavy atom. The number of hydrogen-bond donors (Lipinski definition) is 1. The first-order valence-corrected chi connectivity index (χ1v) is 8.11. The molecule has 1 fully saturated rings. The van der Waals surface area contributed by atoms with E-state index in [0.29, 0.717) is 23.0 Å². The van der Waals surface area contributed by atoms with E-state index in [-0.39, 0.29) is 12.6 Å². The second-order valence-corrected chi connectivity index (χ2v) is 7.43. The number of ether oxygens (including phenoxy) is 1. The lowest BCUT2D eigenvalue weighted by Gasteiger charge is -2.29. The molecule has 5 nitrogen and oxygen atoms in total. The van der Waals surface area contributed by atoms with Crippen LogP contribution in [0.2, 0.25) is 0 Å². The number of aliphatic hydroxyl groups excluding tert-OH is 1. The van der Waals surface area contributed by atoms with Gasteiger partial charge < -0.3 is 9.84 Å². The van der Waals surface area contributed by atoms with Crippen LogP contribution in [0.15, 0.2) is 15.7 Å². The molecule has 1 aliphatic heterocycles. The number of sulfonamides is 1.